The number of hydrogen-bond donors (Lipinski definition) is 0. The van der Waals surface area contributed by atoms with Crippen molar-refractivity contribution < 1.29 is 9.53 Å². The van der Waals surface area contributed by atoms with Crippen molar-refractivity contribution in [3.63, 3.8) is 0 Å². The van der Waals surface area contributed by atoms with Gasteiger partial charge in [-0.2, -0.15) is 0 Å². The Morgan fingerprint density at radius 1 is 1.26 bits per heavy atom. The predicted octanol–water partition coefficient (Wildman–Crippen LogP) is 2.60. The molecule has 0 saturated heterocycles. The fraction of sp³-hybridized carbons (Fsp3) is 0.562. The summed E-state index contributed by atoms with van der Waals surface area (Å²) in [6, 6.07) is 10.4. The number of ether oxygens (including phenoxy) is 1. The molecule has 0 spiro atoms. The van der Waals surface area contributed by atoms with Crippen LogP contribution in [0.15, 0.2) is 30.3 Å². The second-order valence-corrected chi connectivity index (χ2v) is 8.79. The predicted molar refractivity (Wildman–Crippen MR) is 79.0 cm³/mol. The molecule has 0 unspecified atom stereocenters. The van der Waals surface area contributed by atoms with Gasteiger partial charge in [0.2, 0.25) is 0 Å². The van der Waals surface area contributed by atoms with Crippen molar-refractivity contribution in [2.45, 2.75) is 44.0 Å². The average Bonchev–Trinajstić information content (AvgIpc) is 2.68. The van der Waals surface area contributed by atoms with Gasteiger partial charge in [0.15, 0.2) is 0 Å². The van der Waals surface area contributed by atoms with E-state index in [9.17, 15) is 4.79 Å². The van der Waals surface area contributed by atoms with E-state index >= 15 is 0 Å². The SMILES string of the molecule is CC(C)(C)OC[C@H]1CC(=O)[C@H]([Se]c2ccccc2)C1. The molecule has 2 atom stereocenters. The van der Waals surface area contributed by atoms with Gasteiger partial charge >= 0.3 is 122 Å². The number of carbonyl (C=O) groups is 1. The summed E-state index contributed by atoms with van der Waals surface area (Å²) in [7, 11) is 0. The molecule has 1 aromatic rings. The van der Waals surface area contributed by atoms with Crippen LogP contribution in [0.1, 0.15) is 33.6 Å². The number of benzene rings is 1. The molecule has 104 valence electrons. The first kappa shape index (κ1) is 14.8. The Labute approximate surface area is 122 Å². The zero-order valence-electron chi connectivity index (χ0n) is 11.9. The van der Waals surface area contributed by atoms with Gasteiger partial charge in [-0.25, -0.2) is 0 Å². The molecule has 1 aromatic carbocycles. The van der Waals surface area contributed by atoms with Crippen LogP contribution in [0, 0.1) is 5.92 Å². The standard InChI is InChI=1S/C16H22O2Se/c1-16(2,3)18-11-12-9-14(17)15(10-12)19-13-7-5-4-6-8-13/h4-8,12,15H,9-11H2,1-3H3/t12-,15+/m0/s1. The van der Waals surface area contributed by atoms with Crippen molar-refractivity contribution >= 4 is 25.2 Å². The fourth-order valence-electron chi connectivity index (χ4n) is 2.21. The van der Waals surface area contributed by atoms with Crippen LogP contribution in [0.4, 0.5) is 0 Å². The van der Waals surface area contributed by atoms with Gasteiger partial charge in [-0.1, -0.05) is 0 Å². The zero-order chi connectivity index (χ0) is 13.9. The van der Waals surface area contributed by atoms with E-state index in [1.807, 2.05) is 6.07 Å². The first-order valence-electron chi connectivity index (χ1n) is 6.82. The molecule has 1 fully saturated rings. The number of rotatable bonds is 4. The van der Waals surface area contributed by atoms with Crippen LogP contribution in [0.2, 0.25) is 4.82 Å². The molecule has 2 rings (SSSR count). The molecule has 0 aromatic heterocycles. The third-order valence-corrected chi connectivity index (χ3v) is 5.86. The van der Waals surface area contributed by atoms with Crippen molar-refractivity contribution in [2.75, 3.05) is 6.61 Å². The van der Waals surface area contributed by atoms with Crippen LogP contribution in [0.3, 0.4) is 0 Å². The molecule has 0 aliphatic heterocycles. The Bertz CT molecular complexity index is 422. The van der Waals surface area contributed by atoms with Crippen LogP contribution in [-0.2, 0) is 9.53 Å². The van der Waals surface area contributed by atoms with E-state index in [4.69, 9.17) is 4.74 Å². The van der Waals surface area contributed by atoms with Crippen molar-refractivity contribution in [2.24, 2.45) is 5.92 Å². The summed E-state index contributed by atoms with van der Waals surface area (Å²) >= 11 is 0.273. The molecular weight excluding hydrogens is 303 g/mol. The minimum absolute atomic E-state index is 0.105. The van der Waals surface area contributed by atoms with Crippen LogP contribution < -0.4 is 4.46 Å². The second-order valence-electron chi connectivity index (χ2n) is 6.12. The Morgan fingerprint density at radius 2 is 1.95 bits per heavy atom. The van der Waals surface area contributed by atoms with Crippen LogP contribution in [-0.4, -0.2) is 32.9 Å². The monoisotopic (exact) mass is 326 g/mol. The zero-order valence-corrected chi connectivity index (χ0v) is 13.6. The second kappa shape index (κ2) is 6.21. The molecule has 0 heterocycles. The molecule has 2 nitrogen and oxygen atoms in total. The maximum absolute atomic E-state index is 12.1. The topological polar surface area (TPSA) is 26.3 Å². The Kier molecular flexibility index (Phi) is 4.83. The summed E-state index contributed by atoms with van der Waals surface area (Å²) in [4.78, 5) is 12.3. The third-order valence-electron chi connectivity index (χ3n) is 3.17. The summed E-state index contributed by atoms with van der Waals surface area (Å²) in [5.41, 5.74) is -0.105. The van der Waals surface area contributed by atoms with Gasteiger partial charge < -0.3 is 0 Å². The number of carbonyl (C=O) groups excluding carboxylic acids is 1. The molecule has 1 aliphatic rings. The van der Waals surface area contributed by atoms with E-state index in [2.05, 4.69) is 45.0 Å². The molecule has 0 bridgehead atoms. The van der Waals surface area contributed by atoms with Gasteiger partial charge in [-0.3, -0.25) is 0 Å². The average molecular weight is 325 g/mol. The first-order valence-corrected chi connectivity index (χ1v) is 8.67. The minimum atomic E-state index is -0.105. The van der Waals surface area contributed by atoms with E-state index < -0.39 is 0 Å². The van der Waals surface area contributed by atoms with E-state index in [1.165, 1.54) is 4.46 Å². The summed E-state index contributed by atoms with van der Waals surface area (Å²) in [5, 5.41) is 0. The van der Waals surface area contributed by atoms with Crippen molar-refractivity contribution in [1.82, 2.24) is 0 Å². The molecule has 19 heavy (non-hydrogen) atoms. The number of ketones is 1. The van der Waals surface area contributed by atoms with E-state index in [0.717, 1.165) is 13.0 Å². The molecule has 0 radical (unpaired) electrons. The Hall–Kier alpha value is -0.631. The van der Waals surface area contributed by atoms with Gasteiger partial charge in [-0.15, -0.1) is 0 Å². The summed E-state index contributed by atoms with van der Waals surface area (Å²) in [6.07, 6.45) is 1.71. The van der Waals surface area contributed by atoms with Crippen LogP contribution in [0.25, 0.3) is 0 Å². The van der Waals surface area contributed by atoms with Gasteiger partial charge in [-0.05, 0) is 0 Å². The van der Waals surface area contributed by atoms with Gasteiger partial charge in [0, 0.05) is 0 Å². The molecular formula is C16H22O2Se. The van der Waals surface area contributed by atoms with Crippen LogP contribution in [0.5, 0.6) is 0 Å². The van der Waals surface area contributed by atoms with Gasteiger partial charge in [0.05, 0.1) is 0 Å². The Balaban J connectivity index is 1.86. The van der Waals surface area contributed by atoms with E-state index in [1.54, 1.807) is 0 Å². The first-order chi connectivity index (χ1) is 8.94. The van der Waals surface area contributed by atoms with E-state index in [0.29, 0.717) is 18.1 Å². The van der Waals surface area contributed by atoms with Crippen molar-refractivity contribution in [3.8, 4) is 0 Å². The quantitative estimate of drug-likeness (QED) is 0.796. The summed E-state index contributed by atoms with van der Waals surface area (Å²) in [5.74, 6) is 0.855. The number of Topliss-reactive ketones (excluding diaryl/α,β-unsaturated/α-hetero) is 1. The Morgan fingerprint density at radius 3 is 2.58 bits per heavy atom. The van der Waals surface area contributed by atoms with Crippen molar-refractivity contribution in [1.29, 1.82) is 0 Å². The number of hydrogen-bond acceptors (Lipinski definition) is 2. The van der Waals surface area contributed by atoms with Gasteiger partial charge in [0.1, 0.15) is 0 Å². The maximum atomic E-state index is 12.1. The normalized spacial score (nSPS) is 23.8. The summed E-state index contributed by atoms with van der Waals surface area (Å²) in [6.45, 7) is 6.91. The molecule has 1 aliphatic carbocycles. The fourth-order valence-corrected chi connectivity index (χ4v) is 4.80. The third kappa shape index (κ3) is 4.76. The van der Waals surface area contributed by atoms with Crippen molar-refractivity contribution in [3.05, 3.63) is 30.3 Å². The molecule has 1 saturated carbocycles. The van der Waals surface area contributed by atoms with E-state index in [-0.39, 0.29) is 25.4 Å². The van der Waals surface area contributed by atoms with Crippen LogP contribution >= 0.6 is 0 Å². The summed E-state index contributed by atoms with van der Waals surface area (Å²) < 4.78 is 7.14. The molecule has 0 amide bonds. The van der Waals surface area contributed by atoms with Gasteiger partial charge in [0.25, 0.3) is 0 Å². The molecule has 3 heteroatoms. The molecule has 0 N–H and O–H groups in total.